The lowest BCUT2D eigenvalue weighted by Crippen LogP contribution is -2.32. The first kappa shape index (κ1) is 9.42. The molecule has 0 saturated carbocycles. The molecule has 3 heteroatoms. The van der Waals surface area contributed by atoms with Gasteiger partial charge in [-0.3, -0.25) is 4.79 Å². The molecule has 0 spiro atoms. The van der Waals surface area contributed by atoms with Crippen LogP contribution < -0.4 is 0 Å². The van der Waals surface area contributed by atoms with Crippen LogP contribution >= 0.6 is 0 Å². The van der Waals surface area contributed by atoms with Gasteiger partial charge < -0.3 is 9.84 Å². The second-order valence-corrected chi connectivity index (χ2v) is 3.41. The molecule has 2 atom stereocenters. The van der Waals surface area contributed by atoms with Crippen LogP contribution in [0.2, 0.25) is 0 Å². The highest BCUT2D eigenvalue weighted by molar-refractivity contribution is 5.94. The van der Waals surface area contributed by atoms with E-state index in [1.54, 1.807) is 0 Å². The van der Waals surface area contributed by atoms with Crippen LogP contribution in [0.1, 0.15) is 20.3 Å². The lowest BCUT2D eigenvalue weighted by molar-refractivity contribution is -0.150. The van der Waals surface area contributed by atoms with E-state index in [-0.39, 0.29) is 5.78 Å². The van der Waals surface area contributed by atoms with Gasteiger partial charge >= 0.3 is 0 Å². The summed E-state index contributed by atoms with van der Waals surface area (Å²) in [6.45, 7) is 4.03. The predicted molar refractivity (Wildman–Crippen MR) is 44.5 cm³/mol. The lowest BCUT2D eigenvalue weighted by Gasteiger charge is -2.22. The largest absolute Gasteiger partial charge is 0.365 e. The minimum Gasteiger partial charge on any atom is -0.365 e. The molecule has 1 heterocycles. The minimum atomic E-state index is -0.911. The molecule has 1 rings (SSSR count). The number of hydrogen-bond acceptors (Lipinski definition) is 3. The van der Waals surface area contributed by atoms with Crippen molar-refractivity contribution >= 4 is 5.78 Å². The van der Waals surface area contributed by atoms with E-state index in [4.69, 9.17) is 9.84 Å². The summed E-state index contributed by atoms with van der Waals surface area (Å²) in [4.78, 5) is 11.2. The average Bonchev–Trinajstić information content (AvgIpc) is 1.96. The van der Waals surface area contributed by atoms with Crippen molar-refractivity contribution in [2.75, 3.05) is 0 Å². The molecule has 1 aliphatic heterocycles. The molecule has 0 aromatic rings. The summed E-state index contributed by atoms with van der Waals surface area (Å²) in [6.07, 6.45) is 2.05. The first-order valence-corrected chi connectivity index (χ1v) is 4.15. The highest BCUT2D eigenvalue weighted by Gasteiger charge is 2.24. The third-order valence-corrected chi connectivity index (χ3v) is 1.73. The van der Waals surface area contributed by atoms with Crippen LogP contribution in [-0.2, 0) is 9.53 Å². The molecule has 0 aliphatic carbocycles. The quantitative estimate of drug-likeness (QED) is 0.669. The molecule has 0 fully saturated rings. The van der Waals surface area contributed by atoms with E-state index in [1.165, 1.54) is 12.2 Å². The Hall–Kier alpha value is -0.670. The monoisotopic (exact) mass is 170 g/mol. The van der Waals surface area contributed by atoms with Gasteiger partial charge in [0.15, 0.2) is 12.1 Å². The van der Waals surface area contributed by atoms with Gasteiger partial charge in [0, 0.05) is 0 Å². The van der Waals surface area contributed by atoms with Gasteiger partial charge in [0.25, 0.3) is 0 Å². The summed E-state index contributed by atoms with van der Waals surface area (Å²) >= 11 is 0. The van der Waals surface area contributed by atoms with Crippen molar-refractivity contribution in [3.63, 3.8) is 0 Å². The Morgan fingerprint density at radius 2 is 2.33 bits per heavy atom. The van der Waals surface area contributed by atoms with Gasteiger partial charge in [-0.15, -0.1) is 0 Å². The smallest absolute Gasteiger partial charge is 0.184 e. The van der Waals surface area contributed by atoms with Crippen molar-refractivity contribution in [2.45, 2.75) is 32.7 Å². The molecule has 0 saturated heterocycles. The number of ether oxygens (including phenoxy) is 1. The van der Waals surface area contributed by atoms with Gasteiger partial charge in [-0.2, -0.15) is 0 Å². The van der Waals surface area contributed by atoms with Crippen LogP contribution in [0.3, 0.4) is 0 Å². The second-order valence-electron chi connectivity index (χ2n) is 3.41. The molecule has 2 unspecified atom stereocenters. The standard InChI is InChI=1S/C9H14O3/c1-6(2)5-8-7(10)3-4-9(11)12-8/h3-4,6,8-9,11H,5H2,1-2H3. The summed E-state index contributed by atoms with van der Waals surface area (Å²) in [7, 11) is 0. The summed E-state index contributed by atoms with van der Waals surface area (Å²) < 4.78 is 5.03. The van der Waals surface area contributed by atoms with Gasteiger partial charge in [0.05, 0.1) is 0 Å². The third kappa shape index (κ3) is 2.43. The maximum atomic E-state index is 11.2. The van der Waals surface area contributed by atoms with E-state index in [2.05, 4.69) is 0 Å². The van der Waals surface area contributed by atoms with Crippen molar-refractivity contribution in [1.29, 1.82) is 0 Å². The average molecular weight is 170 g/mol. The summed E-state index contributed by atoms with van der Waals surface area (Å²) in [5.74, 6) is 0.353. The Labute approximate surface area is 72.0 Å². The fourth-order valence-electron chi connectivity index (χ4n) is 1.17. The van der Waals surface area contributed by atoms with Gasteiger partial charge in [0.2, 0.25) is 0 Å². The van der Waals surface area contributed by atoms with Gasteiger partial charge in [0.1, 0.15) is 6.10 Å². The van der Waals surface area contributed by atoms with Crippen molar-refractivity contribution in [1.82, 2.24) is 0 Å². The first-order valence-electron chi connectivity index (χ1n) is 4.15. The van der Waals surface area contributed by atoms with Crippen LogP contribution in [0.4, 0.5) is 0 Å². The minimum absolute atomic E-state index is 0.0472. The van der Waals surface area contributed by atoms with E-state index in [0.29, 0.717) is 12.3 Å². The SMILES string of the molecule is CC(C)CC1OC(O)C=CC1=O. The van der Waals surface area contributed by atoms with E-state index < -0.39 is 12.4 Å². The predicted octanol–water partition coefficient (Wildman–Crippen LogP) is 0.875. The summed E-state index contributed by atoms with van der Waals surface area (Å²) in [6, 6.07) is 0. The first-order chi connectivity index (χ1) is 5.59. The Morgan fingerprint density at radius 3 is 2.92 bits per heavy atom. The summed E-state index contributed by atoms with van der Waals surface area (Å²) in [5, 5.41) is 9.05. The van der Waals surface area contributed by atoms with Crippen LogP contribution in [0.15, 0.2) is 12.2 Å². The van der Waals surface area contributed by atoms with E-state index >= 15 is 0 Å². The topological polar surface area (TPSA) is 46.5 Å². The molecular weight excluding hydrogens is 156 g/mol. The normalized spacial score (nSPS) is 29.8. The van der Waals surface area contributed by atoms with E-state index in [9.17, 15) is 4.79 Å². The molecule has 0 aromatic heterocycles. The Balaban J connectivity index is 2.54. The van der Waals surface area contributed by atoms with Crippen LogP contribution in [0.5, 0.6) is 0 Å². The van der Waals surface area contributed by atoms with Crippen LogP contribution in [0.25, 0.3) is 0 Å². The Kier molecular flexibility index (Phi) is 3.00. The van der Waals surface area contributed by atoms with Crippen molar-refractivity contribution in [2.24, 2.45) is 5.92 Å². The van der Waals surface area contributed by atoms with Crippen molar-refractivity contribution < 1.29 is 14.6 Å². The zero-order valence-corrected chi connectivity index (χ0v) is 7.36. The molecule has 0 amide bonds. The molecule has 0 bridgehead atoms. The van der Waals surface area contributed by atoms with Gasteiger partial charge in [-0.1, -0.05) is 13.8 Å². The fraction of sp³-hybridized carbons (Fsp3) is 0.667. The highest BCUT2D eigenvalue weighted by atomic mass is 16.6. The van der Waals surface area contributed by atoms with E-state index in [0.717, 1.165) is 0 Å². The Bertz CT molecular complexity index is 196. The van der Waals surface area contributed by atoms with Crippen molar-refractivity contribution in [3.8, 4) is 0 Å². The Morgan fingerprint density at radius 1 is 1.67 bits per heavy atom. The van der Waals surface area contributed by atoms with Crippen LogP contribution in [-0.4, -0.2) is 23.3 Å². The molecule has 68 valence electrons. The number of aliphatic hydroxyl groups excluding tert-OH is 1. The van der Waals surface area contributed by atoms with E-state index in [1.807, 2.05) is 13.8 Å². The highest BCUT2D eigenvalue weighted by Crippen LogP contribution is 2.15. The fourth-order valence-corrected chi connectivity index (χ4v) is 1.17. The van der Waals surface area contributed by atoms with Crippen molar-refractivity contribution in [3.05, 3.63) is 12.2 Å². The number of carbonyl (C=O) groups excluding carboxylic acids is 1. The molecule has 1 N–H and O–H groups in total. The maximum Gasteiger partial charge on any atom is 0.184 e. The lowest BCUT2D eigenvalue weighted by atomic mass is 10.0. The third-order valence-electron chi connectivity index (χ3n) is 1.73. The number of hydrogen-bond donors (Lipinski definition) is 1. The number of aliphatic hydroxyl groups is 1. The molecular formula is C9H14O3. The molecule has 12 heavy (non-hydrogen) atoms. The van der Waals surface area contributed by atoms with Gasteiger partial charge in [-0.05, 0) is 24.5 Å². The zero-order chi connectivity index (χ0) is 9.14. The zero-order valence-electron chi connectivity index (χ0n) is 7.36. The van der Waals surface area contributed by atoms with Crippen LogP contribution in [0, 0.1) is 5.92 Å². The van der Waals surface area contributed by atoms with Gasteiger partial charge in [-0.25, -0.2) is 0 Å². The summed E-state index contributed by atoms with van der Waals surface area (Å²) in [5.41, 5.74) is 0. The molecule has 0 aromatic carbocycles. The molecule has 3 nitrogen and oxygen atoms in total. The maximum absolute atomic E-state index is 11.2. The molecule has 1 aliphatic rings. The second kappa shape index (κ2) is 3.83. The number of carbonyl (C=O) groups is 1. The number of ketones is 1. The number of rotatable bonds is 2. The molecule has 0 radical (unpaired) electrons.